The Hall–Kier alpha value is -0.883. The Balaban J connectivity index is 2.40. The number of hydrogen-bond donors (Lipinski definition) is 0. The van der Waals surface area contributed by atoms with E-state index in [4.69, 9.17) is 9.16 Å². The second kappa shape index (κ2) is 5.62. The molecule has 0 spiro atoms. The molecule has 0 aliphatic carbocycles. The molecule has 0 N–H and O–H groups in total. The van der Waals surface area contributed by atoms with E-state index >= 15 is 0 Å². The van der Waals surface area contributed by atoms with Crippen LogP contribution in [0.15, 0.2) is 0 Å². The van der Waals surface area contributed by atoms with E-state index in [1.165, 1.54) is 6.92 Å². The topological polar surface area (TPSA) is 55.8 Å². The van der Waals surface area contributed by atoms with E-state index in [2.05, 4.69) is 33.9 Å². The first-order chi connectivity index (χ1) is 8.54. The average molecular weight is 287 g/mol. The molecule has 1 atom stereocenters. The third-order valence-corrected chi connectivity index (χ3v) is 8.46. The Morgan fingerprint density at radius 3 is 2.42 bits per heavy atom. The van der Waals surface area contributed by atoms with Crippen molar-refractivity contribution in [2.24, 2.45) is 0 Å². The zero-order chi connectivity index (χ0) is 14.8. The fraction of sp³-hybridized carbons (Fsp3) is 0.846. The number of ether oxygens (including phenoxy) is 1. The molecule has 1 aliphatic rings. The van der Waals surface area contributed by atoms with E-state index in [0.29, 0.717) is 19.6 Å². The molecule has 0 saturated carbocycles. The molecule has 1 saturated heterocycles. The fourth-order valence-electron chi connectivity index (χ4n) is 1.61. The van der Waals surface area contributed by atoms with E-state index in [1.807, 2.05) is 0 Å². The second-order valence-electron chi connectivity index (χ2n) is 6.46. The van der Waals surface area contributed by atoms with Crippen LogP contribution in [-0.2, 0) is 18.8 Å². The number of carbonyl (C=O) groups excluding carboxylic acids is 2. The van der Waals surface area contributed by atoms with Gasteiger partial charge in [0.1, 0.15) is 0 Å². The lowest BCUT2D eigenvalue weighted by Gasteiger charge is -2.41. The minimum absolute atomic E-state index is 0.0186. The molecular formula is C13H25NO4Si. The van der Waals surface area contributed by atoms with Gasteiger partial charge >= 0.3 is 5.97 Å². The quantitative estimate of drug-likeness (QED) is 0.441. The Kier molecular flexibility index (Phi) is 4.79. The number of carbonyl (C=O) groups is 2. The summed E-state index contributed by atoms with van der Waals surface area (Å²) in [4.78, 5) is 23.9. The zero-order valence-corrected chi connectivity index (χ0v) is 13.8. The highest BCUT2D eigenvalue weighted by Gasteiger charge is 2.40. The van der Waals surface area contributed by atoms with Crippen LogP contribution in [0.25, 0.3) is 0 Å². The minimum atomic E-state index is -1.78. The SMILES string of the molecule is CC(=O)OC1CC(=O)N1CCO[Si](C)(C)C(C)(C)C. The molecule has 1 heterocycles. The summed E-state index contributed by atoms with van der Waals surface area (Å²) in [7, 11) is -1.78. The van der Waals surface area contributed by atoms with Gasteiger partial charge in [0.2, 0.25) is 5.91 Å². The summed E-state index contributed by atoms with van der Waals surface area (Å²) in [6, 6.07) is 0. The molecule has 0 bridgehead atoms. The number of amides is 1. The third kappa shape index (κ3) is 4.04. The molecule has 0 radical (unpaired) electrons. The second-order valence-corrected chi connectivity index (χ2v) is 11.3. The molecule has 1 fully saturated rings. The van der Waals surface area contributed by atoms with Gasteiger partial charge in [-0.05, 0) is 18.1 Å². The van der Waals surface area contributed by atoms with Crippen LogP contribution in [0.3, 0.4) is 0 Å². The zero-order valence-electron chi connectivity index (χ0n) is 12.8. The molecule has 6 heteroatoms. The standard InChI is InChI=1S/C13H25NO4Si/c1-10(15)18-12-9-11(16)14(12)7-8-17-19(5,6)13(2,3)4/h12H,7-9H2,1-6H3. The highest BCUT2D eigenvalue weighted by Crippen LogP contribution is 2.36. The monoisotopic (exact) mass is 287 g/mol. The Bertz CT molecular complexity index is 362. The molecule has 0 aromatic heterocycles. The van der Waals surface area contributed by atoms with Crippen molar-refractivity contribution < 1.29 is 18.8 Å². The predicted octanol–water partition coefficient (Wildman–Crippen LogP) is 2.13. The molecule has 5 nitrogen and oxygen atoms in total. The van der Waals surface area contributed by atoms with Gasteiger partial charge in [-0.2, -0.15) is 0 Å². The third-order valence-electron chi connectivity index (χ3n) is 3.92. The molecule has 19 heavy (non-hydrogen) atoms. The van der Waals surface area contributed by atoms with E-state index in [9.17, 15) is 9.59 Å². The normalized spacial score (nSPS) is 20.2. The maximum Gasteiger partial charge on any atom is 0.304 e. The summed E-state index contributed by atoms with van der Waals surface area (Å²) >= 11 is 0. The number of hydrogen-bond acceptors (Lipinski definition) is 4. The van der Waals surface area contributed by atoms with Crippen LogP contribution in [0.2, 0.25) is 18.1 Å². The van der Waals surface area contributed by atoms with Crippen LogP contribution in [-0.4, -0.2) is 44.5 Å². The molecule has 1 aliphatic heterocycles. The first kappa shape index (κ1) is 16.2. The lowest BCUT2D eigenvalue weighted by molar-refractivity contribution is -0.183. The first-order valence-corrected chi connectivity index (χ1v) is 9.56. The van der Waals surface area contributed by atoms with E-state index in [0.717, 1.165) is 0 Å². The van der Waals surface area contributed by atoms with Crippen molar-refractivity contribution in [2.75, 3.05) is 13.2 Å². The smallest absolute Gasteiger partial charge is 0.304 e. The number of β-lactam (4-membered cyclic amide) rings is 1. The number of nitrogens with zero attached hydrogens (tertiary/aromatic N) is 1. The summed E-state index contributed by atoms with van der Waals surface area (Å²) < 4.78 is 11.0. The predicted molar refractivity (Wildman–Crippen MR) is 75.0 cm³/mol. The average Bonchev–Trinajstić information content (AvgIpc) is 2.21. The summed E-state index contributed by atoms with van der Waals surface area (Å²) in [6.07, 6.45) is -0.104. The minimum Gasteiger partial charge on any atom is -0.441 e. The van der Waals surface area contributed by atoms with Gasteiger partial charge in [0, 0.05) is 13.5 Å². The van der Waals surface area contributed by atoms with Gasteiger partial charge in [0.25, 0.3) is 0 Å². The molecule has 0 aromatic carbocycles. The van der Waals surface area contributed by atoms with Crippen molar-refractivity contribution in [3.8, 4) is 0 Å². The summed E-state index contributed by atoms with van der Waals surface area (Å²) in [5.74, 6) is -0.335. The van der Waals surface area contributed by atoms with E-state index < -0.39 is 14.5 Å². The van der Waals surface area contributed by atoms with Crippen LogP contribution < -0.4 is 0 Å². The Labute approximate surface area is 116 Å². The van der Waals surface area contributed by atoms with Crippen molar-refractivity contribution in [3.63, 3.8) is 0 Å². The van der Waals surface area contributed by atoms with Crippen LogP contribution in [0.1, 0.15) is 34.1 Å². The van der Waals surface area contributed by atoms with E-state index in [1.54, 1.807) is 4.90 Å². The van der Waals surface area contributed by atoms with Crippen LogP contribution >= 0.6 is 0 Å². The van der Waals surface area contributed by atoms with Gasteiger partial charge in [-0.25, -0.2) is 0 Å². The van der Waals surface area contributed by atoms with Gasteiger partial charge < -0.3 is 14.1 Å². The number of rotatable bonds is 5. The lowest BCUT2D eigenvalue weighted by Crippen LogP contribution is -2.56. The van der Waals surface area contributed by atoms with Crippen molar-refractivity contribution in [1.29, 1.82) is 0 Å². The van der Waals surface area contributed by atoms with E-state index in [-0.39, 0.29) is 16.9 Å². The molecule has 1 unspecified atom stereocenters. The van der Waals surface area contributed by atoms with Gasteiger partial charge in [-0.15, -0.1) is 0 Å². The largest absolute Gasteiger partial charge is 0.441 e. The summed E-state index contributed by atoms with van der Waals surface area (Å²) in [5.41, 5.74) is 0. The maximum atomic E-state index is 11.5. The van der Waals surface area contributed by atoms with Crippen LogP contribution in [0, 0.1) is 0 Å². The summed E-state index contributed by atoms with van der Waals surface area (Å²) in [6.45, 7) is 13.2. The lowest BCUT2D eigenvalue weighted by atomic mass is 10.1. The van der Waals surface area contributed by atoms with Crippen LogP contribution in [0.5, 0.6) is 0 Å². The van der Waals surface area contributed by atoms with Crippen molar-refractivity contribution >= 4 is 20.2 Å². The Morgan fingerprint density at radius 2 is 2.00 bits per heavy atom. The van der Waals surface area contributed by atoms with Gasteiger partial charge in [0.05, 0.1) is 13.0 Å². The summed E-state index contributed by atoms with van der Waals surface area (Å²) in [5, 5.41) is 0.154. The van der Waals surface area contributed by atoms with Crippen LogP contribution in [0.4, 0.5) is 0 Å². The van der Waals surface area contributed by atoms with Gasteiger partial charge in [-0.1, -0.05) is 20.8 Å². The van der Waals surface area contributed by atoms with Crippen molar-refractivity contribution in [2.45, 2.75) is 58.5 Å². The van der Waals surface area contributed by atoms with Gasteiger partial charge in [0.15, 0.2) is 14.5 Å². The molecule has 1 amide bonds. The number of esters is 1. The highest BCUT2D eigenvalue weighted by atomic mass is 28.4. The first-order valence-electron chi connectivity index (χ1n) is 6.65. The fourth-order valence-corrected chi connectivity index (χ4v) is 2.64. The highest BCUT2D eigenvalue weighted by molar-refractivity contribution is 6.74. The molecule has 110 valence electrons. The maximum absolute atomic E-state index is 11.5. The number of likely N-dealkylation sites (tertiary alicyclic amines) is 1. The molecule has 1 rings (SSSR count). The Morgan fingerprint density at radius 1 is 1.42 bits per heavy atom. The van der Waals surface area contributed by atoms with Crippen molar-refractivity contribution in [1.82, 2.24) is 4.90 Å². The molecule has 0 aromatic rings. The molecular weight excluding hydrogens is 262 g/mol. The van der Waals surface area contributed by atoms with Crippen molar-refractivity contribution in [3.05, 3.63) is 0 Å². The van der Waals surface area contributed by atoms with Gasteiger partial charge in [-0.3, -0.25) is 9.59 Å².